The van der Waals surface area contributed by atoms with Crippen LogP contribution in [0.4, 0.5) is 0 Å². The first-order valence-corrected chi connectivity index (χ1v) is 5.56. The monoisotopic (exact) mass is 244 g/mol. The summed E-state index contributed by atoms with van der Waals surface area (Å²) in [6, 6.07) is 1.82. The van der Waals surface area contributed by atoms with Crippen LogP contribution in [0.15, 0.2) is 36.6 Å². The topological polar surface area (TPSA) is 83.3 Å². The van der Waals surface area contributed by atoms with Gasteiger partial charge in [0.1, 0.15) is 5.56 Å². The van der Waals surface area contributed by atoms with Gasteiger partial charge in [-0.3, -0.25) is 4.79 Å². The van der Waals surface area contributed by atoms with Crippen molar-refractivity contribution >= 4 is 11.6 Å². The molecule has 1 aliphatic heterocycles. The molecule has 1 amide bonds. The van der Waals surface area contributed by atoms with Crippen molar-refractivity contribution in [2.75, 3.05) is 0 Å². The van der Waals surface area contributed by atoms with E-state index in [1.54, 1.807) is 29.2 Å². The van der Waals surface area contributed by atoms with Gasteiger partial charge in [-0.25, -0.2) is 14.9 Å². The van der Waals surface area contributed by atoms with E-state index >= 15 is 0 Å². The average Bonchev–Trinajstić information content (AvgIpc) is 2.96. The molecule has 1 atom stereocenters. The maximum atomic E-state index is 12.1. The van der Waals surface area contributed by atoms with Crippen LogP contribution in [0.25, 0.3) is 5.65 Å². The van der Waals surface area contributed by atoms with Crippen molar-refractivity contribution in [3.63, 3.8) is 0 Å². The lowest BCUT2D eigenvalue weighted by Crippen LogP contribution is -2.34. The van der Waals surface area contributed by atoms with E-state index in [0.717, 1.165) is 5.70 Å². The van der Waals surface area contributed by atoms with E-state index in [2.05, 4.69) is 26.3 Å². The quantitative estimate of drug-likeness (QED) is 0.681. The first kappa shape index (κ1) is 10.7. The lowest BCUT2D eigenvalue weighted by atomic mass is 10.2. The zero-order valence-electron chi connectivity index (χ0n) is 9.71. The van der Waals surface area contributed by atoms with Gasteiger partial charge >= 0.3 is 0 Å². The lowest BCUT2D eigenvalue weighted by Gasteiger charge is -2.09. The number of carbonyl (C=O) groups excluding carboxylic acids is 1. The first-order valence-electron chi connectivity index (χ1n) is 5.56. The summed E-state index contributed by atoms with van der Waals surface area (Å²) >= 11 is 0. The Morgan fingerprint density at radius 2 is 2.44 bits per heavy atom. The van der Waals surface area contributed by atoms with Crippen LogP contribution in [0.3, 0.4) is 0 Å². The van der Waals surface area contributed by atoms with Gasteiger partial charge in [0.05, 0.1) is 17.9 Å². The Bertz CT molecular complexity index is 631. The summed E-state index contributed by atoms with van der Waals surface area (Å²) in [6.45, 7) is 1.94. The van der Waals surface area contributed by atoms with Crippen molar-refractivity contribution in [3.8, 4) is 0 Å². The summed E-state index contributed by atoms with van der Waals surface area (Å²) in [5.74, 6) is -0.215. The fourth-order valence-corrected chi connectivity index (χ4v) is 1.78. The van der Waals surface area contributed by atoms with E-state index in [9.17, 15) is 4.79 Å². The Morgan fingerprint density at radius 1 is 1.56 bits per heavy atom. The highest BCUT2D eigenvalue weighted by Crippen LogP contribution is 2.09. The summed E-state index contributed by atoms with van der Waals surface area (Å²) in [6.07, 6.45) is 6.62. The number of nitrogens with zero attached hydrogens (tertiary/aromatic N) is 3. The number of fused-ring (bicyclic) bond motifs is 1. The van der Waals surface area contributed by atoms with E-state index in [-0.39, 0.29) is 11.9 Å². The summed E-state index contributed by atoms with van der Waals surface area (Å²) in [5.41, 5.74) is 7.60. The second-order valence-corrected chi connectivity index (χ2v) is 4.01. The highest BCUT2D eigenvalue weighted by molar-refractivity contribution is 6.00. The normalized spacial score (nSPS) is 18.5. The van der Waals surface area contributed by atoms with Crippen LogP contribution in [0.1, 0.15) is 17.3 Å². The van der Waals surface area contributed by atoms with Gasteiger partial charge in [-0.2, -0.15) is 5.10 Å². The minimum atomic E-state index is -0.215. The Balaban J connectivity index is 1.88. The minimum absolute atomic E-state index is 0.0590. The van der Waals surface area contributed by atoms with Gasteiger partial charge in [-0.05, 0) is 13.0 Å². The molecule has 18 heavy (non-hydrogen) atoms. The molecule has 92 valence electrons. The smallest absolute Gasteiger partial charge is 0.260 e. The van der Waals surface area contributed by atoms with Gasteiger partial charge in [0.15, 0.2) is 5.65 Å². The molecule has 1 aliphatic rings. The van der Waals surface area contributed by atoms with Crippen molar-refractivity contribution in [1.29, 1.82) is 0 Å². The largest absolute Gasteiger partial charge is 0.326 e. The number of hydrogen-bond donors (Lipinski definition) is 3. The van der Waals surface area contributed by atoms with Crippen LogP contribution in [0.2, 0.25) is 0 Å². The molecule has 2 aromatic heterocycles. The van der Waals surface area contributed by atoms with Crippen molar-refractivity contribution in [3.05, 3.63) is 42.1 Å². The summed E-state index contributed by atoms with van der Waals surface area (Å²) in [5, 5.41) is 6.90. The molecular weight excluding hydrogens is 232 g/mol. The van der Waals surface area contributed by atoms with E-state index in [0.29, 0.717) is 11.2 Å². The number of amides is 1. The third kappa shape index (κ3) is 1.70. The molecule has 1 unspecified atom stereocenters. The van der Waals surface area contributed by atoms with Crippen LogP contribution < -0.4 is 16.2 Å². The molecule has 3 rings (SSSR count). The van der Waals surface area contributed by atoms with Gasteiger partial charge in [-0.1, -0.05) is 0 Å². The second kappa shape index (κ2) is 4.11. The summed E-state index contributed by atoms with van der Waals surface area (Å²) in [7, 11) is 0. The van der Waals surface area contributed by atoms with Gasteiger partial charge in [-0.15, -0.1) is 0 Å². The summed E-state index contributed by atoms with van der Waals surface area (Å²) in [4.78, 5) is 16.3. The molecule has 0 aliphatic carbocycles. The van der Waals surface area contributed by atoms with Crippen molar-refractivity contribution in [2.45, 2.75) is 13.0 Å². The predicted molar refractivity (Wildman–Crippen MR) is 64.3 cm³/mol. The standard InChI is InChI=1S/C11H12N6O/c1-7-9(6-13-16-7)15-11(18)8-5-14-17-4-2-3-12-10(8)17/h2-7,13,16H,1H3,(H,15,18). The number of carbonyl (C=O) groups is 1. The van der Waals surface area contributed by atoms with Gasteiger partial charge < -0.3 is 10.7 Å². The Labute approximate surface area is 103 Å². The van der Waals surface area contributed by atoms with Crippen LogP contribution in [0.5, 0.6) is 0 Å². The van der Waals surface area contributed by atoms with Gasteiger partial charge in [0.2, 0.25) is 0 Å². The maximum absolute atomic E-state index is 12.1. The second-order valence-electron chi connectivity index (χ2n) is 4.01. The molecule has 0 radical (unpaired) electrons. The van der Waals surface area contributed by atoms with E-state index < -0.39 is 0 Å². The molecule has 0 aromatic carbocycles. The minimum Gasteiger partial charge on any atom is -0.326 e. The van der Waals surface area contributed by atoms with Crippen molar-refractivity contribution in [1.82, 2.24) is 30.8 Å². The third-order valence-electron chi connectivity index (χ3n) is 2.78. The fraction of sp³-hybridized carbons (Fsp3) is 0.182. The summed E-state index contributed by atoms with van der Waals surface area (Å²) < 4.78 is 1.57. The molecule has 0 saturated heterocycles. The van der Waals surface area contributed by atoms with Crippen molar-refractivity contribution < 1.29 is 4.79 Å². The molecule has 0 bridgehead atoms. The molecule has 3 heterocycles. The molecule has 0 saturated carbocycles. The molecule has 0 fully saturated rings. The molecule has 7 nitrogen and oxygen atoms in total. The number of nitrogens with one attached hydrogen (secondary N) is 3. The molecule has 0 spiro atoms. The maximum Gasteiger partial charge on any atom is 0.260 e. The van der Waals surface area contributed by atoms with Crippen LogP contribution in [0, 0.1) is 0 Å². The molecule has 2 aromatic rings. The van der Waals surface area contributed by atoms with Crippen molar-refractivity contribution in [2.24, 2.45) is 0 Å². The molecule has 3 N–H and O–H groups in total. The predicted octanol–water partition coefficient (Wildman–Crippen LogP) is -0.203. The van der Waals surface area contributed by atoms with Gasteiger partial charge in [0, 0.05) is 18.6 Å². The third-order valence-corrected chi connectivity index (χ3v) is 2.78. The van der Waals surface area contributed by atoms with Crippen LogP contribution in [-0.4, -0.2) is 26.5 Å². The Hall–Kier alpha value is -2.41. The van der Waals surface area contributed by atoms with Gasteiger partial charge in [0.25, 0.3) is 5.91 Å². The number of aromatic nitrogens is 3. The number of rotatable bonds is 2. The SMILES string of the molecule is CC1NNC=C1NC(=O)c1cnn2cccnc12. The van der Waals surface area contributed by atoms with Crippen LogP contribution >= 0.6 is 0 Å². The fourth-order valence-electron chi connectivity index (χ4n) is 1.78. The van der Waals surface area contributed by atoms with E-state index in [1.807, 2.05) is 6.92 Å². The average molecular weight is 244 g/mol. The lowest BCUT2D eigenvalue weighted by molar-refractivity contribution is 0.0965. The highest BCUT2D eigenvalue weighted by atomic mass is 16.1. The Morgan fingerprint density at radius 3 is 3.22 bits per heavy atom. The number of hydrazine groups is 1. The Kier molecular flexibility index (Phi) is 2.45. The van der Waals surface area contributed by atoms with E-state index in [1.165, 1.54) is 6.20 Å². The zero-order valence-corrected chi connectivity index (χ0v) is 9.71. The zero-order chi connectivity index (χ0) is 12.5. The van der Waals surface area contributed by atoms with Crippen LogP contribution in [-0.2, 0) is 0 Å². The molecular formula is C11H12N6O. The first-order chi connectivity index (χ1) is 8.75. The highest BCUT2D eigenvalue weighted by Gasteiger charge is 2.19. The van der Waals surface area contributed by atoms with E-state index in [4.69, 9.17) is 0 Å². The molecule has 7 heteroatoms. The number of hydrogen-bond acceptors (Lipinski definition) is 5.